The van der Waals surface area contributed by atoms with Crippen LogP contribution in [0.1, 0.15) is 12.5 Å². The molecule has 6 aromatic carbocycles. The summed E-state index contributed by atoms with van der Waals surface area (Å²) < 4.78 is 0. The first-order valence-electron chi connectivity index (χ1n) is 19.4. The lowest BCUT2D eigenvalue weighted by Crippen LogP contribution is -2.00. The van der Waals surface area contributed by atoms with Gasteiger partial charge in [-0.3, -0.25) is 19.9 Å². The molecule has 10 aromatic rings. The Labute approximate surface area is 341 Å². The van der Waals surface area contributed by atoms with E-state index in [1.54, 1.807) is 6.20 Å². The molecular weight excluding hydrogens is 723 g/mol. The first-order valence-corrected chi connectivity index (χ1v) is 19.4. The van der Waals surface area contributed by atoms with Gasteiger partial charge in [-0.15, -0.1) is 0 Å². The highest BCUT2D eigenvalue weighted by molar-refractivity contribution is 6.10. The second-order valence-corrected chi connectivity index (χ2v) is 14.2. The summed E-state index contributed by atoms with van der Waals surface area (Å²) in [5.41, 5.74) is 13.2. The summed E-state index contributed by atoms with van der Waals surface area (Å²) in [6.07, 6.45) is 9.50. The molecule has 0 fully saturated rings. The van der Waals surface area contributed by atoms with Crippen LogP contribution in [0.5, 0.6) is 0 Å². The topological polar surface area (TPSA) is 89.7 Å². The minimum absolute atomic E-state index is 0.563. The molecule has 0 aliphatic heterocycles. The Kier molecular flexibility index (Phi) is 9.08. The average Bonchev–Trinajstić information content (AvgIpc) is 3.31. The van der Waals surface area contributed by atoms with E-state index in [0.717, 1.165) is 94.0 Å². The molecule has 0 saturated carbocycles. The van der Waals surface area contributed by atoms with Gasteiger partial charge in [0.1, 0.15) is 0 Å². The van der Waals surface area contributed by atoms with E-state index in [9.17, 15) is 0 Å². The molecule has 0 N–H and O–H groups in total. The van der Waals surface area contributed by atoms with Crippen molar-refractivity contribution in [2.75, 3.05) is 0 Å². The van der Waals surface area contributed by atoms with Crippen LogP contribution < -0.4 is 0 Å². The van der Waals surface area contributed by atoms with Crippen LogP contribution in [-0.4, -0.2) is 36.6 Å². The van der Waals surface area contributed by atoms with Crippen molar-refractivity contribution in [2.24, 2.45) is 4.99 Å². The fourth-order valence-corrected chi connectivity index (χ4v) is 7.83. The van der Waals surface area contributed by atoms with Gasteiger partial charge in [0, 0.05) is 57.0 Å². The van der Waals surface area contributed by atoms with Crippen molar-refractivity contribution >= 4 is 51.2 Å². The summed E-state index contributed by atoms with van der Waals surface area (Å²) >= 11 is 0. The zero-order chi connectivity index (χ0) is 39.7. The highest BCUT2D eigenvalue weighted by Crippen LogP contribution is 2.40. The number of allylic oxidation sites excluding steroid dienone is 1. The molecule has 59 heavy (non-hydrogen) atoms. The van der Waals surface area contributed by atoms with Gasteiger partial charge in [-0.2, -0.15) is 0 Å². The molecule has 0 aliphatic carbocycles. The Hall–Kier alpha value is -8.03. The van der Waals surface area contributed by atoms with Crippen LogP contribution in [0.3, 0.4) is 0 Å². The first-order chi connectivity index (χ1) is 29.1. The molecule has 0 unspecified atom stereocenters. The molecule has 4 heterocycles. The van der Waals surface area contributed by atoms with E-state index in [4.69, 9.17) is 19.9 Å². The normalized spacial score (nSPS) is 11.5. The second kappa shape index (κ2) is 15.1. The minimum atomic E-state index is 0.563. The maximum atomic E-state index is 5.19. The fraction of sp³-hybridized carbons (Fsp3) is 0.0192. The Morgan fingerprint density at radius 2 is 0.949 bits per heavy atom. The summed E-state index contributed by atoms with van der Waals surface area (Å²) in [4.78, 5) is 34.0. The predicted octanol–water partition coefficient (Wildman–Crippen LogP) is 12.9. The van der Waals surface area contributed by atoms with Gasteiger partial charge >= 0.3 is 0 Å². The number of aliphatic imine (C=N–C) groups is 1. The van der Waals surface area contributed by atoms with E-state index in [-0.39, 0.29) is 0 Å². The molecule has 0 radical (unpaired) electrons. The summed E-state index contributed by atoms with van der Waals surface area (Å²) in [6.45, 7) is 5.92. The van der Waals surface area contributed by atoms with Gasteiger partial charge in [0.2, 0.25) is 0 Å². The summed E-state index contributed by atoms with van der Waals surface area (Å²) in [5.74, 6) is 1.71. The monoisotopic (exact) mass is 757 g/mol. The number of pyridine rings is 3. The maximum Gasteiger partial charge on any atom is 0.164 e. The van der Waals surface area contributed by atoms with Crippen LogP contribution in [0.25, 0.3) is 106 Å². The number of benzene rings is 6. The Morgan fingerprint density at radius 3 is 1.61 bits per heavy atom. The van der Waals surface area contributed by atoms with Crippen molar-refractivity contribution in [1.29, 1.82) is 0 Å². The van der Waals surface area contributed by atoms with E-state index >= 15 is 0 Å². The van der Waals surface area contributed by atoms with Crippen molar-refractivity contribution < 1.29 is 0 Å². The molecule has 0 bridgehead atoms. The highest BCUT2D eigenvalue weighted by Gasteiger charge is 2.18. The summed E-state index contributed by atoms with van der Waals surface area (Å²) in [6, 6.07) is 51.9. The largest absolute Gasteiger partial charge is 0.262 e. The molecular formula is C52H35N7. The number of nitrogens with zero attached hydrogens (tertiary/aromatic N) is 7. The van der Waals surface area contributed by atoms with Gasteiger partial charge in [0.15, 0.2) is 17.5 Å². The zero-order valence-corrected chi connectivity index (χ0v) is 32.2. The van der Waals surface area contributed by atoms with Crippen molar-refractivity contribution in [1.82, 2.24) is 29.9 Å². The van der Waals surface area contributed by atoms with Crippen molar-refractivity contribution in [3.05, 3.63) is 182 Å². The van der Waals surface area contributed by atoms with Crippen LogP contribution in [0, 0.1) is 0 Å². The van der Waals surface area contributed by atoms with Crippen molar-refractivity contribution in [2.45, 2.75) is 6.92 Å². The molecule has 7 nitrogen and oxygen atoms in total. The number of rotatable bonds is 8. The predicted molar refractivity (Wildman–Crippen MR) is 242 cm³/mol. The van der Waals surface area contributed by atoms with Gasteiger partial charge in [-0.1, -0.05) is 121 Å². The van der Waals surface area contributed by atoms with Crippen LogP contribution in [0.4, 0.5) is 5.69 Å². The Balaban J connectivity index is 1.14. The summed E-state index contributed by atoms with van der Waals surface area (Å²) in [7, 11) is 0. The van der Waals surface area contributed by atoms with E-state index < -0.39 is 0 Å². The molecule has 278 valence electrons. The Bertz CT molecular complexity index is 3250. The number of fused-ring (bicyclic) bond motifs is 4. The van der Waals surface area contributed by atoms with Crippen molar-refractivity contribution in [3.8, 4) is 67.5 Å². The highest BCUT2D eigenvalue weighted by atomic mass is 15.0. The second-order valence-electron chi connectivity index (χ2n) is 14.2. The molecule has 0 saturated heterocycles. The lowest BCUT2D eigenvalue weighted by molar-refractivity contribution is 1.07. The lowest BCUT2D eigenvalue weighted by atomic mass is 9.94. The van der Waals surface area contributed by atoms with Crippen LogP contribution in [-0.2, 0) is 0 Å². The van der Waals surface area contributed by atoms with Gasteiger partial charge in [0.25, 0.3) is 0 Å². The first kappa shape index (κ1) is 35.4. The van der Waals surface area contributed by atoms with Crippen LogP contribution in [0.15, 0.2) is 181 Å². The summed E-state index contributed by atoms with van der Waals surface area (Å²) in [5, 5.41) is 3.04. The molecule has 0 atom stereocenters. The van der Waals surface area contributed by atoms with E-state index in [0.29, 0.717) is 17.5 Å². The molecule has 7 heteroatoms. The SMILES string of the molecule is C=Nc1c(/C=C\C)c(-c2cccc(-c3nc(-c4ccc(-c5ccccc5)cc4)nc(-c4cccc(-c5cc6cccnc6c6ncccc56)c4)n3)c2)cc2cccnc12. The average molecular weight is 758 g/mol. The molecule has 10 rings (SSSR count). The number of hydrogen-bond donors (Lipinski definition) is 0. The van der Waals surface area contributed by atoms with Crippen LogP contribution >= 0.6 is 0 Å². The lowest BCUT2D eigenvalue weighted by Gasteiger charge is -2.14. The zero-order valence-electron chi connectivity index (χ0n) is 32.2. The third-order valence-electron chi connectivity index (χ3n) is 10.6. The molecule has 0 aliphatic rings. The number of hydrogen-bond acceptors (Lipinski definition) is 7. The smallest absolute Gasteiger partial charge is 0.164 e. The van der Waals surface area contributed by atoms with E-state index in [1.165, 1.54) is 0 Å². The maximum absolute atomic E-state index is 5.19. The van der Waals surface area contributed by atoms with Crippen LogP contribution in [0.2, 0.25) is 0 Å². The van der Waals surface area contributed by atoms with Gasteiger partial charge in [-0.25, -0.2) is 15.0 Å². The van der Waals surface area contributed by atoms with E-state index in [2.05, 4.69) is 143 Å². The molecule has 0 spiro atoms. The van der Waals surface area contributed by atoms with Gasteiger partial charge in [-0.05, 0) is 89.5 Å². The van der Waals surface area contributed by atoms with E-state index in [1.807, 2.05) is 61.8 Å². The third-order valence-corrected chi connectivity index (χ3v) is 10.6. The fourth-order valence-electron chi connectivity index (χ4n) is 7.83. The van der Waals surface area contributed by atoms with Gasteiger partial charge < -0.3 is 0 Å². The third kappa shape index (κ3) is 6.60. The van der Waals surface area contributed by atoms with Gasteiger partial charge in [0.05, 0.1) is 22.2 Å². The minimum Gasteiger partial charge on any atom is -0.262 e. The van der Waals surface area contributed by atoms with Crippen molar-refractivity contribution in [3.63, 3.8) is 0 Å². The molecule has 4 aromatic heterocycles. The number of aromatic nitrogens is 6. The standard InChI is InChI=1S/C52H35N7/c1-3-12-42-44(31-38-19-9-26-54-46(38)48(42)53-2)36-15-7-17-40(29-36)51-57-50(35-24-22-34(23-25-35)33-13-5-4-6-14-33)58-52(59-51)41-18-8-16-37(30-41)45-32-39-20-10-27-55-47(39)49-43(45)21-11-28-56-49/h3-32H,2H2,1H3/b12-3-. The quantitative estimate of drug-likeness (QED) is 0.113. The Morgan fingerprint density at radius 1 is 0.441 bits per heavy atom. The molecule has 0 amide bonds.